The van der Waals surface area contributed by atoms with Gasteiger partial charge in [0.25, 0.3) is 0 Å². The SMILES string of the molecule is CCCCc1cc(CC(C)C)cc(CCCC)c1O. The van der Waals surface area contributed by atoms with E-state index < -0.39 is 0 Å². The lowest BCUT2D eigenvalue weighted by Gasteiger charge is -2.14. The molecule has 0 aliphatic rings. The van der Waals surface area contributed by atoms with Crippen LogP contribution in [-0.4, -0.2) is 5.11 Å². The third kappa shape index (κ3) is 5.26. The molecule has 108 valence electrons. The van der Waals surface area contributed by atoms with E-state index in [1.807, 2.05) is 0 Å². The number of rotatable bonds is 8. The number of unbranched alkanes of at least 4 members (excludes halogenated alkanes) is 2. The lowest BCUT2D eigenvalue weighted by molar-refractivity contribution is 0.458. The Bertz CT molecular complexity index is 350. The monoisotopic (exact) mass is 262 g/mol. The Morgan fingerprint density at radius 1 is 0.947 bits per heavy atom. The van der Waals surface area contributed by atoms with E-state index in [1.165, 1.54) is 18.4 Å². The predicted octanol–water partition coefficient (Wildman–Crippen LogP) is 5.28. The number of benzene rings is 1. The number of phenols is 1. The van der Waals surface area contributed by atoms with Crippen LogP contribution in [0.4, 0.5) is 0 Å². The lowest BCUT2D eigenvalue weighted by atomic mass is 9.93. The van der Waals surface area contributed by atoms with Crippen molar-refractivity contribution in [2.45, 2.75) is 72.6 Å². The molecule has 0 atom stereocenters. The standard InChI is InChI=1S/C18H30O/c1-5-7-9-16-12-15(11-14(3)4)13-17(18(16)19)10-8-6-2/h12-14,19H,5-11H2,1-4H3. The second kappa shape index (κ2) is 8.24. The van der Waals surface area contributed by atoms with E-state index in [0.717, 1.165) is 43.2 Å². The molecule has 1 rings (SSSR count). The smallest absolute Gasteiger partial charge is 0.121 e. The minimum absolute atomic E-state index is 0.564. The van der Waals surface area contributed by atoms with Crippen LogP contribution < -0.4 is 0 Å². The highest BCUT2D eigenvalue weighted by Gasteiger charge is 2.10. The molecule has 1 aromatic carbocycles. The third-order valence-corrected chi connectivity index (χ3v) is 3.57. The van der Waals surface area contributed by atoms with Crippen molar-refractivity contribution in [1.82, 2.24) is 0 Å². The molecular weight excluding hydrogens is 232 g/mol. The second-order valence-corrected chi connectivity index (χ2v) is 6.07. The van der Waals surface area contributed by atoms with Gasteiger partial charge in [-0.1, -0.05) is 52.7 Å². The fourth-order valence-electron chi connectivity index (χ4n) is 2.54. The van der Waals surface area contributed by atoms with E-state index in [-0.39, 0.29) is 0 Å². The maximum absolute atomic E-state index is 10.4. The molecule has 1 heteroatoms. The number of aryl methyl sites for hydroxylation is 2. The Kier molecular flexibility index (Phi) is 6.97. The zero-order valence-corrected chi connectivity index (χ0v) is 13.1. The van der Waals surface area contributed by atoms with Gasteiger partial charge in [-0.25, -0.2) is 0 Å². The van der Waals surface area contributed by atoms with Gasteiger partial charge in [-0.2, -0.15) is 0 Å². The third-order valence-electron chi connectivity index (χ3n) is 3.57. The summed E-state index contributed by atoms with van der Waals surface area (Å²) in [6.45, 7) is 8.91. The van der Waals surface area contributed by atoms with Crippen LogP contribution in [0.1, 0.15) is 70.1 Å². The first-order valence-corrected chi connectivity index (χ1v) is 7.92. The molecule has 0 saturated carbocycles. The maximum atomic E-state index is 10.4. The summed E-state index contributed by atoms with van der Waals surface area (Å²) in [6.07, 6.45) is 7.80. The van der Waals surface area contributed by atoms with Crippen LogP contribution in [0.15, 0.2) is 12.1 Å². The van der Waals surface area contributed by atoms with Gasteiger partial charge in [0.15, 0.2) is 0 Å². The largest absolute Gasteiger partial charge is 0.507 e. The van der Waals surface area contributed by atoms with Crippen molar-refractivity contribution in [3.05, 3.63) is 28.8 Å². The lowest BCUT2D eigenvalue weighted by Crippen LogP contribution is -2.00. The Labute approximate surface area is 119 Å². The Morgan fingerprint density at radius 3 is 1.79 bits per heavy atom. The van der Waals surface area contributed by atoms with Gasteiger partial charge >= 0.3 is 0 Å². The molecule has 0 spiro atoms. The first-order chi connectivity index (χ1) is 9.08. The fourth-order valence-corrected chi connectivity index (χ4v) is 2.54. The summed E-state index contributed by atoms with van der Waals surface area (Å²) in [5.74, 6) is 1.23. The maximum Gasteiger partial charge on any atom is 0.121 e. The van der Waals surface area contributed by atoms with Crippen molar-refractivity contribution in [3.8, 4) is 5.75 Å². The summed E-state index contributed by atoms with van der Waals surface area (Å²) in [6, 6.07) is 4.45. The molecule has 0 saturated heterocycles. The van der Waals surface area contributed by atoms with E-state index in [4.69, 9.17) is 0 Å². The van der Waals surface area contributed by atoms with Crippen molar-refractivity contribution in [2.24, 2.45) is 5.92 Å². The molecule has 1 nitrogen and oxygen atoms in total. The molecule has 0 bridgehead atoms. The van der Waals surface area contributed by atoms with Crippen molar-refractivity contribution < 1.29 is 5.11 Å². The van der Waals surface area contributed by atoms with Crippen LogP contribution in [-0.2, 0) is 19.3 Å². The van der Waals surface area contributed by atoms with Crippen molar-refractivity contribution in [2.75, 3.05) is 0 Å². The van der Waals surface area contributed by atoms with E-state index in [2.05, 4.69) is 39.8 Å². The quantitative estimate of drug-likeness (QED) is 0.676. The summed E-state index contributed by atoms with van der Waals surface area (Å²) in [5.41, 5.74) is 3.71. The summed E-state index contributed by atoms with van der Waals surface area (Å²) in [5, 5.41) is 10.4. The summed E-state index contributed by atoms with van der Waals surface area (Å²) < 4.78 is 0. The Balaban J connectivity index is 2.99. The van der Waals surface area contributed by atoms with Crippen LogP contribution >= 0.6 is 0 Å². The van der Waals surface area contributed by atoms with Crippen LogP contribution in [0.5, 0.6) is 5.75 Å². The molecule has 1 N–H and O–H groups in total. The molecule has 0 amide bonds. The number of hydrogen-bond donors (Lipinski definition) is 1. The minimum Gasteiger partial charge on any atom is -0.507 e. The molecule has 0 aliphatic carbocycles. The fraction of sp³-hybridized carbons (Fsp3) is 0.667. The van der Waals surface area contributed by atoms with Gasteiger partial charge in [-0.3, -0.25) is 0 Å². The van der Waals surface area contributed by atoms with E-state index in [0.29, 0.717) is 11.7 Å². The molecule has 0 aromatic heterocycles. The van der Waals surface area contributed by atoms with Crippen LogP contribution in [0, 0.1) is 5.92 Å². The summed E-state index contributed by atoms with van der Waals surface area (Å²) in [7, 11) is 0. The van der Waals surface area contributed by atoms with E-state index in [1.54, 1.807) is 0 Å². The average Bonchev–Trinajstić information content (AvgIpc) is 2.36. The van der Waals surface area contributed by atoms with Gasteiger partial charge in [0.1, 0.15) is 5.75 Å². The molecule has 1 aromatic rings. The normalized spacial score (nSPS) is 11.2. The minimum atomic E-state index is 0.564. The van der Waals surface area contributed by atoms with Crippen molar-refractivity contribution >= 4 is 0 Å². The first kappa shape index (κ1) is 16.1. The van der Waals surface area contributed by atoms with E-state index in [9.17, 15) is 5.11 Å². The predicted molar refractivity (Wildman–Crippen MR) is 83.9 cm³/mol. The molecule has 0 fully saturated rings. The topological polar surface area (TPSA) is 20.2 Å². The van der Waals surface area contributed by atoms with Gasteiger partial charge in [0, 0.05) is 0 Å². The zero-order valence-electron chi connectivity index (χ0n) is 13.1. The zero-order chi connectivity index (χ0) is 14.3. The highest BCUT2D eigenvalue weighted by Crippen LogP contribution is 2.28. The molecule has 0 unspecified atom stereocenters. The van der Waals surface area contributed by atoms with Gasteiger partial charge in [-0.05, 0) is 54.7 Å². The molecule has 0 aliphatic heterocycles. The van der Waals surface area contributed by atoms with Crippen LogP contribution in [0.2, 0.25) is 0 Å². The number of phenolic OH excluding ortho intramolecular Hbond substituents is 1. The van der Waals surface area contributed by atoms with Gasteiger partial charge in [-0.15, -0.1) is 0 Å². The van der Waals surface area contributed by atoms with E-state index >= 15 is 0 Å². The van der Waals surface area contributed by atoms with Crippen molar-refractivity contribution in [3.63, 3.8) is 0 Å². The molecular formula is C18H30O. The van der Waals surface area contributed by atoms with Crippen LogP contribution in [0.3, 0.4) is 0 Å². The molecule has 0 heterocycles. The van der Waals surface area contributed by atoms with Gasteiger partial charge < -0.3 is 5.11 Å². The number of aromatic hydroxyl groups is 1. The highest BCUT2D eigenvalue weighted by molar-refractivity contribution is 5.44. The molecule has 19 heavy (non-hydrogen) atoms. The Morgan fingerprint density at radius 2 is 1.42 bits per heavy atom. The summed E-state index contributed by atoms with van der Waals surface area (Å²) in [4.78, 5) is 0. The Hall–Kier alpha value is -0.980. The van der Waals surface area contributed by atoms with Gasteiger partial charge in [0.05, 0.1) is 0 Å². The van der Waals surface area contributed by atoms with Gasteiger partial charge in [0.2, 0.25) is 0 Å². The first-order valence-electron chi connectivity index (χ1n) is 7.92. The second-order valence-electron chi connectivity index (χ2n) is 6.07. The van der Waals surface area contributed by atoms with Crippen LogP contribution in [0.25, 0.3) is 0 Å². The van der Waals surface area contributed by atoms with Crippen molar-refractivity contribution in [1.29, 1.82) is 0 Å². The number of hydrogen-bond acceptors (Lipinski definition) is 1. The highest BCUT2D eigenvalue weighted by atomic mass is 16.3. The molecule has 0 radical (unpaired) electrons. The average molecular weight is 262 g/mol. The summed E-state index contributed by atoms with van der Waals surface area (Å²) >= 11 is 0.